The van der Waals surface area contributed by atoms with Crippen molar-refractivity contribution in [1.29, 1.82) is 0 Å². The molecule has 8 heteroatoms. The van der Waals surface area contributed by atoms with Gasteiger partial charge in [0.1, 0.15) is 5.75 Å². The zero-order chi connectivity index (χ0) is 12.5. The van der Waals surface area contributed by atoms with E-state index in [-0.39, 0.29) is 66.6 Å². The summed E-state index contributed by atoms with van der Waals surface area (Å²) >= 11 is 0. The molecule has 0 aliphatic heterocycles. The van der Waals surface area contributed by atoms with Gasteiger partial charge in [0.05, 0.1) is 12.3 Å². The van der Waals surface area contributed by atoms with Crippen LogP contribution in [0, 0.1) is 51.0 Å². The standard InChI is InChI=1S/C9H14NO5P.Ac/c1-5-8(12)7(4-11)6(3-10-5)9(13)16(2,14)15;/h3,9,11-13H,4H2,1-2H3,(H,14,15);. The van der Waals surface area contributed by atoms with Crippen LogP contribution < -0.4 is 0 Å². The molecular weight excluding hydrogens is 460 g/mol. The second-order valence-electron chi connectivity index (χ2n) is 3.60. The fourth-order valence-corrected chi connectivity index (χ4v) is 2.05. The monoisotopic (exact) mass is 474 g/mol. The van der Waals surface area contributed by atoms with Crippen LogP contribution in [0.25, 0.3) is 0 Å². The Morgan fingerprint density at radius 1 is 1.53 bits per heavy atom. The molecule has 17 heavy (non-hydrogen) atoms. The molecule has 0 aromatic carbocycles. The van der Waals surface area contributed by atoms with E-state index in [1.54, 1.807) is 0 Å². The first-order chi connectivity index (χ1) is 7.29. The zero-order valence-corrected chi connectivity index (χ0v) is 15.2. The van der Waals surface area contributed by atoms with E-state index in [9.17, 15) is 19.7 Å². The first-order valence-electron chi connectivity index (χ1n) is 4.55. The number of aryl methyl sites for hydroxylation is 1. The van der Waals surface area contributed by atoms with E-state index in [4.69, 9.17) is 5.11 Å². The number of aromatic nitrogens is 1. The Morgan fingerprint density at radius 2 is 2.06 bits per heavy atom. The van der Waals surface area contributed by atoms with Crippen LogP contribution >= 0.6 is 7.37 Å². The summed E-state index contributed by atoms with van der Waals surface area (Å²) in [4.78, 5) is 13.0. The molecule has 0 fully saturated rings. The molecule has 0 amide bonds. The SMILES string of the molecule is Cc1ncc(C(O)P(C)(=O)O)c(CO)c1O.[Ac]. The number of aliphatic hydroxyl groups excluding tert-OH is 2. The fraction of sp³-hybridized carbons (Fsp3) is 0.444. The molecule has 6 nitrogen and oxygen atoms in total. The van der Waals surface area contributed by atoms with E-state index in [0.717, 1.165) is 6.66 Å². The van der Waals surface area contributed by atoms with Crippen LogP contribution in [0.1, 0.15) is 22.7 Å². The van der Waals surface area contributed by atoms with Gasteiger partial charge in [0.25, 0.3) is 0 Å². The molecule has 1 aromatic rings. The van der Waals surface area contributed by atoms with Gasteiger partial charge in [-0.2, -0.15) is 0 Å². The normalized spacial score (nSPS) is 15.8. The third-order valence-corrected chi connectivity index (χ3v) is 3.45. The number of nitrogens with zero attached hydrogens (tertiary/aromatic N) is 1. The van der Waals surface area contributed by atoms with Crippen LogP contribution in [-0.2, 0) is 11.2 Å². The minimum atomic E-state index is -3.76. The molecule has 0 saturated heterocycles. The van der Waals surface area contributed by atoms with Crippen LogP contribution in [0.4, 0.5) is 0 Å². The van der Waals surface area contributed by atoms with E-state index in [1.807, 2.05) is 0 Å². The van der Waals surface area contributed by atoms with Crippen molar-refractivity contribution < 1.29 is 68.8 Å². The van der Waals surface area contributed by atoms with Gasteiger partial charge in [0.2, 0.25) is 7.37 Å². The van der Waals surface area contributed by atoms with E-state index < -0.39 is 19.8 Å². The molecule has 2 atom stereocenters. The van der Waals surface area contributed by atoms with Gasteiger partial charge in [0.15, 0.2) is 5.85 Å². The van der Waals surface area contributed by atoms with Crippen LogP contribution in [-0.4, -0.2) is 31.9 Å². The van der Waals surface area contributed by atoms with Crippen LogP contribution in [0.3, 0.4) is 0 Å². The fourth-order valence-electron chi connectivity index (χ4n) is 1.31. The summed E-state index contributed by atoms with van der Waals surface area (Å²) in [6.45, 7) is 1.98. The van der Waals surface area contributed by atoms with Crippen molar-refractivity contribution >= 4 is 7.37 Å². The maximum absolute atomic E-state index is 11.3. The Morgan fingerprint density at radius 3 is 2.47 bits per heavy atom. The largest absolute Gasteiger partial charge is 0.506 e. The molecule has 2 unspecified atom stereocenters. The third kappa shape index (κ3) is 3.99. The maximum atomic E-state index is 11.3. The van der Waals surface area contributed by atoms with Gasteiger partial charge in [-0.25, -0.2) is 0 Å². The molecule has 0 saturated carbocycles. The molecule has 93 valence electrons. The quantitative estimate of drug-likeness (QED) is 0.475. The molecule has 0 bridgehead atoms. The number of pyridine rings is 1. The minimum Gasteiger partial charge on any atom is -0.506 e. The number of aromatic hydroxyl groups is 1. The predicted molar refractivity (Wildman–Crippen MR) is 57.3 cm³/mol. The second kappa shape index (κ2) is 6.61. The van der Waals surface area contributed by atoms with Crippen LogP contribution in [0.5, 0.6) is 5.75 Å². The van der Waals surface area contributed by atoms with E-state index in [0.29, 0.717) is 0 Å². The Balaban J connectivity index is 0.00000256. The van der Waals surface area contributed by atoms with Crippen molar-refractivity contribution in [3.63, 3.8) is 0 Å². The Hall–Kier alpha value is 0.502. The molecule has 1 rings (SSSR count). The van der Waals surface area contributed by atoms with Gasteiger partial charge in [-0.15, -0.1) is 0 Å². The number of rotatable bonds is 3. The Bertz CT molecular complexity index is 447. The topological polar surface area (TPSA) is 111 Å². The smallest absolute Gasteiger partial charge is 0.229 e. The molecule has 0 spiro atoms. The van der Waals surface area contributed by atoms with Gasteiger partial charge in [0, 0.05) is 68.1 Å². The van der Waals surface area contributed by atoms with Gasteiger partial charge in [-0.05, 0) is 6.92 Å². The van der Waals surface area contributed by atoms with Crippen molar-refractivity contribution in [2.75, 3.05) is 6.66 Å². The van der Waals surface area contributed by atoms with Crippen LogP contribution in [0.15, 0.2) is 6.20 Å². The predicted octanol–water partition coefficient (Wildman–Crippen LogP) is 0.479. The van der Waals surface area contributed by atoms with E-state index in [1.165, 1.54) is 13.1 Å². The van der Waals surface area contributed by atoms with Crippen molar-refractivity contribution in [3.8, 4) is 5.75 Å². The van der Waals surface area contributed by atoms with Gasteiger partial charge in [-0.3, -0.25) is 9.55 Å². The summed E-state index contributed by atoms with van der Waals surface area (Å²) in [5, 5.41) is 28.3. The van der Waals surface area contributed by atoms with Gasteiger partial charge >= 0.3 is 0 Å². The van der Waals surface area contributed by atoms with Gasteiger partial charge < -0.3 is 20.2 Å². The number of hydrogen-bond acceptors (Lipinski definition) is 5. The third-order valence-electron chi connectivity index (χ3n) is 2.26. The first-order valence-corrected chi connectivity index (χ1v) is 6.72. The average Bonchev–Trinajstić information content (AvgIpc) is 2.19. The molecule has 1 heterocycles. The van der Waals surface area contributed by atoms with Crippen molar-refractivity contribution in [1.82, 2.24) is 4.98 Å². The number of aliphatic hydroxyl groups is 2. The number of hydrogen-bond donors (Lipinski definition) is 4. The second-order valence-corrected chi connectivity index (χ2v) is 5.98. The summed E-state index contributed by atoms with van der Waals surface area (Å²) in [6.07, 6.45) is 1.18. The molecule has 1 aromatic heterocycles. The minimum absolute atomic E-state index is 0. The van der Waals surface area contributed by atoms with E-state index >= 15 is 0 Å². The van der Waals surface area contributed by atoms with E-state index in [2.05, 4.69) is 4.98 Å². The summed E-state index contributed by atoms with van der Waals surface area (Å²) in [6, 6.07) is 0. The molecule has 1 radical (unpaired) electrons. The average molecular weight is 474 g/mol. The summed E-state index contributed by atoms with van der Waals surface area (Å²) < 4.78 is 11.3. The van der Waals surface area contributed by atoms with Crippen molar-refractivity contribution in [2.24, 2.45) is 0 Å². The summed E-state index contributed by atoms with van der Waals surface area (Å²) in [5.74, 6) is -1.93. The molecule has 0 aliphatic carbocycles. The zero-order valence-electron chi connectivity index (χ0n) is 9.53. The van der Waals surface area contributed by atoms with Gasteiger partial charge in [-0.1, -0.05) is 0 Å². The first kappa shape index (κ1) is 17.5. The molecular formula is C9H14AcNO5P. The molecule has 0 aliphatic rings. The Labute approximate surface area is 135 Å². The van der Waals surface area contributed by atoms with Crippen molar-refractivity contribution in [3.05, 3.63) is 23.0 Å². The van der Waals surface area contributed by atoms with Crippen LogP contribution in [0.2, 0.25) is 0 Å². The Kier molecular flexibility index (Phi) is 6.80. The maximum Gasteiger partial charge on any atom is 0.229 e. The summed E-state index contributed by atoms with van der Waals surface area (Å²) in [7, 11) is -3.76. The molecule has 4 N–H and O–H groups in total. The summed E-state index contributed by atoms with van der Waals surface area (Å²) in [5.41, 5.74) is 0.277. The van der Waals surface area contributed by atoms with Crippen molar-refractivity contribution in [2.45, 2.75) is 19.4 Å².